The molecular weight excluding hydrogens is 424 g/mol. The van der Waals surface area contributed by atoms with Gasteiger partial charge in [0.1, 0.15) is 5.75 Å². The van der Waals surface area contributed by atoms with Crippen molar-refractivity contribution in [2.45, 2.75) is 20.3 Å². The molecule has 2 aromatic rings. The van der Waals surface area contributed by atoms with Gasteiger partial charge in [-0.2, -0.15) is 0 Å². The van der Waals surface area contributed by atoms with Gasteiger partial charge in [0.05, 0.1) is 11.1 Å². The molecule has 0 bridgehead atoms. The molecule has 0 saturated heterocycles. The van der Waals surface area contributed by atoms with Crippen LogP contribution in [0.15, 0.2) is 40.9 Å². The summed E-state index contributed by atoms with van der Waals surface area (Å²) in [7, 11) is 0. The lowest BCUT2D eigenvalue weighted by Crippen LogP contribution is -2.34. The normalized spacial score (nSPS) is 10.2. The second kappa shape index (κ2) is 9.17. The third-order valence-electron chi connectivity index (χ3n) is 3.40. The molecule has 0 unspecified atom stereocenters. The Hall–Kier alpha value is -1.63. The number of hydrogen-bond acceptors (Lipinski definition) is 3. The highest BCUT2D eigenvalue weighted by Gasteiger charge is 2.12. The number of nitrogens with one attached hydrogen (secondary N) is 2. The van der Waals surface area contributed by atoms with Gasteiger partial charge in [0, 0.05) is 16.3 Å². The molecule has 4 nitrogen and oxygen atoms in total. The molecule has 7 heteroatoms. The number of hydrogen-bond donors (Lipinski definition) is 2. The lowest BCUT2D eigenvalue weighted by molar-refractivity contribution is 0.0977. The third kappa shape index (κ3) is 5.42. The summed E-state index contributed by atoms with van der Waals surface area (Å²) in [5, 5.41) is 6.48. The van der Waals surface area contributed by atoms with E-state index in [2.05, 4.69) is 26.6 Å². The number of benzene rings is 2. The van der Waals surface area contributed by atoms with E-state index in [9.17, 15) is 4.79 Å². The zero-order valence-electron chi connectivity index (χ0n) is 13.9. The molecule has 0 spiro atoms. The van der Waals surface area contributed by atoms with Crippen LogP contribution >= 0.6 is 39.7 Å². The predicted molar refractivity (Wildman–Crippen MR) is 110 cm³/mol. The van der Waals surface area contributed by atoms with Crippen LogP contribution in [0.5, 0.6) is 5.75 Å². The van der Waals surface area contributed by atoms with Gasteiger partial charge in [0.15, 0.2) is 5.11 Å². The Kier molecular flexibility index (Phi) is 7.23. The zero-order chi connectivity index (χ0) is 18.4. The lowest BCUT2D eigenvalue weighted by atomic mass is 10.2. The third-order valence-corrected chi connectivity index (χ3v) is 4.63. The fourth-order valence-electron chi connectivity index (χ4n) is 2.04. The first kappa shape index (κ1) is 19.7. The summed E-state index contributed by atoms with van der Waals surface area (Å²) in [5.41, 5.74) is 2.09. The molecule has 1 amide bonds. The summed E-state index contributed by atoms with van der Waals surface area (Å²) in [5.74, 6) is 0.397. The summed E-state index contributed by atoms with van der Waals surface area (Å²) >= 11 is 14.7. The molecule has 2 N–H and O–H groups in total. The fraction of sp³-hybridized carbons (Fsp3) is 0.222. The number of halogens is 2. The van der Waals surface area contributed by atoms with Crippen molar-refractivity contribution >= 4 is 56.5 Å². The first-order chi connectivity index (χ1) is 11.9. The van der Waals surface area contributed by atoms with Gasteiger partial charge in [0.25, 0.3) is 5.91 Å². The Balaban J connectivity index is 2.02. The second-order valence-corrected chi connectivity index (χ2v) is 6.98. The van der Waals surface area contributed by atoms with Crippen molar-refractivity contribution < 1.29 is 9.53 Å². The van der Waals surface area contributed by atoms with Crippen LogP contribution in [0.3, 0.4) is 0 Å². The average Bonchev–Trinajstić information content (AvgIpc) is 2.57. The Labute approximate surface area is 166 Å². The molecule has 0 heterocycles. The van der Waals surface area contributed by atoms with E-state index in [0.29, 0.717) is 22.9 Å². The van der Waals surface area contributed by atoms with Crippen LogP contribution in [0.4, 0.5) is 5.69 Å². The van der Waals surface area contributed by atoms with Crippen LogP contribution in [0.2, 0.25) is 5.02 Å². The topological polar surface area (TPSA) is 50.4 Å². The molecular formula is C18H18BrClN2O2S. The van der Waals surface area contributed by atoms with Crippen molar-refractivity contribution in [1.82, 2.24) is 5.32 Å². The van der Waals surface area contributed by atoms with Gasteiger partial charge >= 0.3 is 0 Å². The number of ether oxygens (including phenoxy) is 1. The fourth-order valence-corrected chi connectivity index (χ4v) is 2.91. The van der Waals surface area contributed by atoms with E-state index >= 15 is 0 Å². The van der Waals surface area contributed by atoms with Crippen molar-refractivity contribution in [1.29, 1.82) is 0 Å². The zero-order valence-corrected chi connectivity index (χ0v) is 17.0. The van der Waals surface area contributed by atoms with Crippen LogP contribution in [0.25, 0.3) is 0 Å². The number of amides is 1. The highest BCUT2D eigenvalue weighted by molar-refractivity contribution is 9.10. The summed E-state index contributed by atoms with van der Waals surface area (Å²) in [6.07, 6.45) is 0.914. The first-order valence-corrected chi connectivity index (χ1v) is 9.30. The maximum absolute atomic E-state index is 12.3. The molecule has 0 aliphatic heterocycles. The van der Waals surface area contributed by atoms with Gasteiger partial charge in [-0.1, -0.05) is 24.6 Å². The molecule has 2 aromatic carbocycles. The number of carbonyl (C=O) groups is 1. The first-order valence-electron chi connectivity index (χ1n) is 7.72. The summed E-state index contributed by atoms with van der Waals surface area (Å²) < 4.78 is 6.30. The summed E-state index contributed by atoms with van der Waals surface area (Å²) in [6.45, 7) is 4.53. The predicted octanol–water partition coefficient (Wildman–Crippen LogP) is 5.33. The van der Waals surface area contributed by atoms with Crippen molar-refractivity contribution in [3.8, 4) is 5.75 Å². The largest absolute Gasteiger partial charge is 0.492 e. The Bertz CT molecular complexity index is 799. The second-order valence-electron chi connectivity index (χ2n) is 5.31. The standard InChI is InChI=1S/C18H18BrClN2O2S/c1-3-9-24-16-8-7-12(10-13(16)19)17(23)22-18(25)21-15-6-4-5-14(20)11(15)2/h4-8,10H,3,9H2,1-2H3,(H2,21,22,23,25). The molecule has 0 aliphatic rings. The molecule has 132 valence electrons. The van der Waals surface area contributed by atoms with Crippen molar-refractivity contribution in [3.63, 3.8) is 0 Å². The summed E-state index contributed by atoms with van der Waals surface area (Å²) in [6, 6.07) is 10.6. The average molecular weight is 442 g/mol. The maximum Gasteiger partial charge on any atom is 0.257 e. The highest BCUT2D eigenvalue weighted by Crippen LogP contribution is 2.26. The van der Waals surface area contributed by atoms with Crippen molar-refractivity contribution in [3.05, 3.63) is 57.0 Å². The Morgan fingerprint density at radius 1 is 1.32 bits per heavy atom. The van der Waals surface area contributed by atoms with E-state index in [-0.39, 0.29) is 11.0 Å². The molecule has 25 heavy (non-hydrogen) atoms. The molecule has 2 rings (SSSR count). The highest BCUT2D eigenvalue weighted by atomic mass is 79.9. The number of anilines is 1. The molecule has 0 aromatic heterocycles. The van der Waals surface area contributed by atoms with Gasteiger partial charge in [-0.15, -0.1) is 0 Å². The maximum atomic E-state index is 12.3. The number of carbonyl (C=O) groups excluding carboxylic acids is 1. The quantitative estimate of drug-likeness (QED) is 0.616. The van der Waals surface area contributed by atoms with Gasteiger partial charge in [0.2, 0.25) is 0 Å². The molecule has 0 aliphatic carbocycles. The van der Waals surface area contributed by atoms with Crippen LogP contribution in [0, 0.1) is 6.92 Å². The van der Waals surface area contributed by atoms with E-state index in [4.69, 9.17) is 28.6 Å². The molecule has 0 fully saturated rings. The monoisotopic (exact) mass is 440 g/mol. The Morgan fingerprint density at radius 3 is 2.76 bits per heavy atom. The van der Waals surface area contributed by atoms with Gasteiger partial charge in [-0.3, -0.25) is 10.1 Å². The van der Waals surface area contributed by atoms with E-state index in [1.54, 1.807) is 24.3 Å². The van der Waals surface area contributed by atoms with Gasteiger partial charge in [-0.25, -0.2) is 0 Å². The number of rotatable bonds is 5. The van der Waals surface area contributed by atoms with Crippen molar-refractivity contribution in [2.24, 2.45) is 0 Å². The van der Waals surface area contributed by atoms with Crippen LogP contribution < -0.4 is 15.4 Å². The minimum atomic E-state index is -0.306. The van der Waals surface area contributed by atoms with E-state index < -0.39 is 0 Å². The van der Waals surface area contributed by atoms with E-state index in [1.165, 1.54) is 0 Å². The smallest absolute Gasteiger partial charge is 0.257 e. The SMILES string of the molecule is CCCOc1ccc(C(=O)NC(=S)Nc2cccc(Cl)c2C)cc1Br. The van der Waals surface area contributed by atoms with Crippen LogP contribution in [0.1, 0.15) is 29.3 Å². The lowest BCUT2D eigenvalue weighted by Gasteiger charge is -2.13. The minimum Gasteiger partial charge on any atom is -0.492 e. The molecule has 0 radical (unpaired) electrons. The van der Waals surface area contributed by atoms with Crippen molar-refractivity contribution in [2.75, 3.05) is 11.9 Å². The minimum absolute atomic E-state index is 0.206. The van der Waals surface area contributed by atoms with Gasteiger partial charge < -0.3 is 10.1 Å². The molecule has 0 saturated carbocycles. The van der Waals surface area contributed by atoms with Crippen LogP contribution in [-0.4, -0.2) is 17.6 Å². The Morgan fingerprint density at radius 2 is 2.08 bits per heavy atom. The van der Waals surface area contributed by atoms with Crippen LogP contribution in [-0.2, 0) is 0 Å². The van der Waals surface area contributed by atoms with E-state index in [0.717, 1.165) is 22.1 Å². The van der Waals surface area contributed by atoms with Gasteiger partial charge in [-0.05, 0) is 77.4 Å². The molecule has 0 atom stereocenters. The van der Waals surface area contributed by atoms with E-state index in [1.807, 2.05) is 26.0 Å². The number of thiocarbonyl (C=S) groups is 1. The summed E-state index contributed by atoms with van der Waals surface area (Å²) in [4.78, 5) is 12.3.